The van der Waals surface area contributed by atoms with E-state index in [1.165, 1.54) is 12.5 Å². The molecule has 3 aromatic heterocycles. The monoisotopic (exact) mass is 544 g/mol. The molecular weight excluding hydrogens is 520 g/mol. The highest BCUT2D eigenvalue weighted by atomic mass is 35.5. The van der Waals surface area contributed by atoms with Gasteiger partial charge in [-0.05, 0) is 60.6 Å². The molecule has 4 N–H and O–H groups in total. The van der Waals surface area contributed by atoms with E-state index in [1.54, 1.807) is 11.1 Å². The summed E-state index contributed by atoms with van der Waals surface area (Å²) in [4.78, 5) is 44.3. The van der Waals surface area contributed by atoms with Crippen molar-refractivity contribution in [1.29, 1.82) is 0 Å². The third-order valence-corrected chi connectivity index (χ3v) is 7.05. The number of hydrogen-bond donors (Lipinski definition) is 4. The van der Waals surface area contributed by atoms with Gasteiger partial charge in [-0.1, -0.05) is 11.6 Å². The van der Waals surface area contributed by atoms with Crippen LogP contribution in [0.3, 0.4) is 0 Å². The number of nitrogens with zero attached hydrogens (tertiary/aromatic N) is 6. The molecule has 12 nitrogen and oxygen atoms in total. The predicted octanol–water partition coefficient (Wildman–Crippen LogP) is 3.72. The van der Waals surface area contributed by atoms with Crippen LogP contribution in [0.15, 0.2) is 49.2 Å². The Bertz CT molecular complexity index is 1530. The van der Waals surface area contributed by atoms with Gasteiger partial charge in [0.15, 0.2) is 5.82 Å². The number of aromatic nitrogens is 6. The number of aryl methyl sites for hydroxylation is 2. The molecule has 1 aromatic carbocycles. The zero-order valence-electron chi connectivity index (χ0n) is 20.8. The minimum Gasteiger partial charge on any atom is -0.339 e. The molecule has 0 aliphatic carbocycles. The molecule has 2 aliphatic rings. The molecule has 1 saturated heterocycles. The van der Waals surface area contributed by atoms with Gasteiger partial charge in [0, 0.05) is 37.1 Å². The number of amides is 2. The molecule has 6 rings (SSSR count). The minimum absolute atomic E-state index is 0.0642. The van der Waals surface area contributed by atoms with E-state index >= 15 is 0 Å². The van der Waals surface area contributed by atoms with Crippen molar-refractivity contribution >= 4 is 52.2 Å². The van der Waals surface area contributed by atoms with Gasteiger partial charge in [0.1, 0.15) is 11.3 Å². The van der Waals surface area contributed by atoms with Crippen LogP contribution < -0.4 is 16.0 Å². The predicted molar refractivity (Wildman–Crippen MR) is 145 cm³/mol. The van der Waals surface area contributed by atoms with E-state index in [0.717, 1.165) is 41.0 Å². The number of carbonyl (C=O) groups is 2. The molecular formula is C26H25ClN10O2. The number of fused-ring (bicyclic) bond motifs is 6. The van der Waals surface area contributed by atoms with Crippen molar-refractivity contribution in [3.8, 4) is 0 Å². The number of pyridine rings is 1. The van der Waals surface area contributed by atoms with Gasteiger partial charge in [0.25, 0.3) is 5.91 Å². The van der Waals surface area contributed by atoms with Crippen molar-refractivity contribution in [1.82, 2.24) is 35.0 Å². The summed E-state index contributed by atoms with van der Waals surface area (Å²) in [5.41, 5.74) is 4.29. The molecule has 1 fully saturated rings. The number of H-pyrrole nitrogens is 1. The Balaban J connectivity index is 1.19. The number of halogens is 1. The zero-order chi connectivity index (χ0) is 26.8. The number of hydrogen-bond acceptors (Lipinski definition) is 9. The Hall–Kier alpha value is -4.58. The van der Waals surface area contributed by atoms with E-state index in [9.17, 15) is 9.59 Å². The molecule has 2 aliphatic heterocycles. The van der Waals surface area contributed by atoms with Crippen LogP contribution in [0.4, 0.5) is 28.8 Å². The van der Waals surface area contributed by atoms with Crippen LogP contribution in [0, 0.1) is 5.92 Å². The Labute approximate surface area is 228 Å². The first-order valence-corrected chi connectivity index (χ1v) is 13.0. The van der Waals surface area contributed by atoms with Crippen LogP contribution in [0.25, 0.3) is 0 Å². The Morgan fingerprint density at radius 2 is 2.00 bits per heavy atom. The third-order valence-electron chi connectivity index (χ3n) is 6.77. The largest absolute Gasteiger partial charge is 0.339 e. The molecule has 6 bridgehead atoms. The molecule has 0 radical (unpaired) electrons. The molecule has 4 aromatic rings. The first kappa shape index (κ1) is 24.7. The van der Waals surface area contributed by atoms with Crippen LogP contribution in [0.1, 0.15) is 34.6 Å². The topological polar surface area (TPSA) is 154 Å². The average Bonchev–Trinajstić information content (AvgIpc) is 3.63. The van der Waals surface area contributed by atoms with Crippen molar-refractivity contribution < 1.29 is 9.59 Å². The molecule has 2 amide bonds. The van der Waals surface area contributed by atoms with Crippen molar-refractivity contribution in [2.75, 3.05) is 29.0 Å². The van der Waals surface area contributed by atoms with Gasteiger partial charge in [0.2, 0.25) is 17.7 Å². The fourth-order valence-corrected chi connectivity index (χ4v) is 4.99. The van der Waals surface area contributed by atoms with E-state index in [2.05, 4.69) is 46.1 Å². The lowest BCUT2D eigenvalue weighted by molar-refractivity contribution is -0.117. The van der Waals surface area contributed by atoms with Gasteiger partial charge in [0.05, 0.1) is 18.1 Å². The maximum Gasteiger partial charge on any atom is 0.293 e. The summed E-state index contributed by atoms with van der Waals surface area (Å²) in [6.45, 7) is 1.07. The summed E-state index contributed by atoms with van der Waals surface area (Å²) >= 11 is 6.36. The van der Waals surface area contributed by atoms with Gasteiger partial charge >= 0.3 is 0 Å². The Morgan fingerprint density at radius 3 is 2.87 bits per heavy atom. The van der Waals surface area contributed by atoms with Gasteiger partial charge < -0.3 is 20.9 Å². The number of benzene rings is 1. The van der Waals surface area contributed by atoms with E-state index < -0.39 is 0 Å². The maximum atomic E-state index is 13.1. The minimum atomic E-state index is -0.224. The fraction of sp³-hybridized carbons (Fsp3) is 0.269. The zero-order valence-corrected chi connectivity index (χ0v) is 21.6. The molecule has 5 heterocycles. The van der Waals surface area contributed by atoms with E-state index in [1.807, 2.05) is 30.5 Å². The van der Waals surface area contributed by atoms with Crippen LogP contribution in [0.5, 0.6) is 0 Å². The van der Waals surface area contributed by atoms with Crippen molar-refractivity contribution in [2.24, 2.45) is 5.92 Å². The molecule has 0 saturated carbocycles. The number of aromatic amines is 1. The van der Waals surface area contributed by atoms with E-state index in [0.29, 0.717) is 42.7 Å². The number of rotatable bonds is 4. The average molecular weight is 545 g/mol. The molecule has 198 valence electrons. The van der Waals surface area contributed by atoms with Crippen LogP contribution >= 0.6 is 11.6 Å². The Morgan fingerprint density at radius 1 is 1.08 bits per heavy atom. The first-order chi connectivity index (χ1) is 19.0. The summed E-state index contributed by atoms with van der Waals surface area (Å²) in [6.07, 6.45) is 8.91. The number of nitrogens with one attached hydrogen (secondary N) is 4. The summed E-state index contributed by atoms with van der Waals surface area (Å²) in [7, 11) is 0. The second-order valence-corrected chi connectivity index (χ2v) is 9.98. The maximum absolute atomic E-state index is 13.1. The molecule has 13 heteroatoms. The molecule has 0 spiro atoms. The summed E-state index contributed by atoms with van der Waals surface area (Å²) in [6, 6.07) is 7.75. The number of likely N-dealkylation sites (tertiary alicyclic amines) is 1. The smallest absolute Gasteiger partial charge is 0.293 e. The quantitative estimate of drug-likeness (QED) is 0.301. The molecule has 39 heavy (non-hydrogen) atoms. The second-order valence-electron chi connectivity index (χ2n) is 9.57. The lowest BCUT2D eigenvalue weighted by Gasteiger charge is -2.16. The summed E-state index contributed by atoms with van der Waals surface area (Å²) in [5, 5.41) is 16.3. The molecule has 1 atom stereocenters. The second kappa shape index (κ2) is 10.7. The number of anilines is 5. The standard InChI is InChI=1S/C26H25ClN10O2/c27-20-12-29-26-33-19-7-15(10-28-11-19)1-2-17-9-18(32-23(20)35-26)3-4-21(17)34-22(38)8-16-5-6-37(13-16)25(39)24-30-14-31-36-24/h3-4,7,9-12,14,16H,1-2,5-6,8,13H2,(H,34,38)(H,30,31,36)(H2,29,32,33,35)/t16-/m0/s1. The molecule has 0 unspecified atom stereocenters. The van der Waals surface area contributed by atoms with E-state index in [4.69, 9.17) is 11.6 Å². The van der Waals surface area contributed by atoms with Crippen molar-refractivity contribution in [2.45, 2.75) is 25.7 Å². The van der Waals surface area contributed by atoms with Crippen LogP contribution in [-0.4, -0.2) is 59.9 Å². The SMILES string of the molecule is O=C(C[C@@H]1CCN(C(=O)c2nc[nH]n2)C1)Nc1ccc2cc1CCc1cncc(c1)Nc1ncc(Cl)c(n1)N2. The van der Waals surface area contributed by atoms with Crippen molar-refractivity contribution in [3.05, 3.63) is 71.2 Å². The van der Waals surface area contributed by atoms with Gasteiger partial charge in [-0.2, -0.15) is 4.98 Å². The lowest BCUT2D eigenvalue weighted by Crippen LogP contribution is -2.30. The summed E-state index contributed by atoms with van der Waals surface area (Å²) < 4.78 is 0. The van der Waals surface area contributed by atoms with E-state index in [-0.39, 0.29) is 23.6 Å². The van der Waals surface area contributed by atoms with Crippen LogP contribution in [0.2, 0.25) is 5.02 Å². The lowest BCUT2D eigenvalue weighted by atomic mass is 10.0. The van der Waals surface area contributed by atoms with Gasteiger partial charge in [-0.25, -0.2) is 9.97 Å². The van der Waals surface area contributed by atoms with Gasteiger partial charge in [-0.3, -0.25) is 19.7 Å². The third kappa shape index (κ3) is 5.65. The summed E-state index contributed by atoms with van der Waals surface area (Å²) in [5.74, 6) is 0.753. The fourth-order valence-electron chi connectivity index (χ4n) is 4.85. The normalized spacial score (nSPS) is 16.2. The Kier molecular flexibility index (Phi) is 6.76. The number of carbonyl (C=O) groups excluding carboxylic acids is 2. The highest BCUT2D eigenvalue weighted by Gasteiger charge is 2.30. The van der Waals surface area contributed by atoms with Crippen molar-refractivity contribution in [3.63, 3.8) is 0 Å². The first-order valence-electron chi connectivity index (χ1n) is 12.6. The van der Waals surface area contributed by atoms with Crippen LogP contribution in [-0.2, 0) is 17.6 Å². The highest BCUT2D eigenvalue weighted by molar-refractivity contribution is 6.32. The highest BCUT2D eigenvalue weighted by Crippen LogP contribution is 2.30. The van der Waals surface area contributed by atoms with Gasteiger partial charge in [-0.15, -0.1) is 5.10 Å².